The molecule has 0 amide bonds. The zero-order valence-electron chi connectivity index (χ0n) is 9.24. The van der Waals surface area contributed by atoms with Gasteiger partial charge in [0, 0.05) is 13.2 Å². The lowest BCUT2D eigenvalue weighted by Crippen LogP contribution is -2.14. The summed E-state index contributed by atoms with van der Waals surface area (Å²) in [4.78, 5) is 0. The smallest absolute Gasteiger partial charge is 0.123 e. The van der Waals surface area contributed by atoms with E-state index in [1.54, 1.807) is 13.2 Å². The van der Waals surface area contributed by atoms with Crippen molar-refractivity contribution < 1.29 is 9.13 Å². The van der Waals surface area contributed by atoms with E-state index in [2.05, 4.69) is 0 Å². The zero-order chi connectivity index (χ0) is 11.3. The fourth-order valence-corrected chi connectivity index (χ4v) is 1.44. The van der Waals surface area contributed by atoms with Gasteiger partial charge in [-0.25, -0.2) is 4.39 Å². The molecular formula is C12H18FNO. The maximum absolute atomic E-state index is 12.9. The number of nitrogens with two attached hydrogens (primary N) is 1. The normalized spacial score (nSPS) is 14.9. The summed E-state index contributed by atoms with van der Waals surface area (Å²) >= 11 is 0. The maximum Gasteiger partial charge on any atom is 0.123 e. The van der Waals surface area contributed by atoms with E-state index in [0.717, 1.165) is 18.4 Å². The van der Waals surface area contributed by atoms with E-state index in [1.807, 2.05) is 13.0 Å². The van der Waals surface area contributed by atoms with Crippen LogP contribution in [0.15, 0.2) is 24.3 Å². The second-order valence-corrected chi connectivity index (χ2v) is 3.79. The molecule has 1 aromatic rings. The van der Waals surface area contributed by atoms with Crippen molar-refractivity contribution in [3.05, 3.63) is 35.6 Å². The Balaban J connectivity index is 2.50. The standard InChI is InChI=1S/C12H18FNO/c1-9(15-2)6-7-12(14)10-4-3-5-11(13)8-10/h3-5,8-9,12H,6-7,14H2,1-2H3. The minimum absolute atomic E-state index is 0.113. The van der Waals surface area contributed by atoms with Gasteiger partial charge in [-0.3, -0.25) is 0 Å². The minimum Gasteiger partial charge on any atom is -0.382 e. The van der Waals surface area contributed by atoms with Crippen molar-refractivity contribution in [2.75, 3.05) is 7.11 Å². The molecule has 3 heteroatoms. The van der Waals surface area contributed by atoms with Gasteiger partial charge in [0.15, 0.2) is 0 Å². The SMILES string of the molecule is COC(C)CCC(N)c1cccc(F)c1. The van der Waals surface area contributed by atoms with Gasteiger partial charge in [0.05, 0.1) is 6.10 Å². The summed E-state index contributed by atoms with van der Waals surface area (Å²) in [6.07, 6.45) is 1.89. The first-order valence-electron chi connectivity index (χ1n) is 5.17. The Morgan fingerprint density at radius 1 is 1.40 bits per heavy atom. The molecule has 0 saturated heterocycles. The van der Waals surface area contributed by atoms with E-state index >= 15 is 0 Å². The van der Waals surface area contributed by atoms with Crippen LogP contribution in [0.25, 0.3) is 0 Å². The molecule has 0 aliphatic heterocycles. The average Bonchev–Trinajstić information content (AvgIpc) is 2.25. The topological polar surface area (TPSA) is 35.2 Å². The first-order chi connectivity index (χ1) is 7.13. The molecule has 1 rings (SSSR count). The molecule has 0 aromatic heterocycles. The summed E-state index contributed by atoms with van der Waals surface area (Å²) in [5, 5.41) is 0. The molecule has 84 valence electrons. The van der Waals surface area contributed by atoms with Crippen molar-refractivity contribution in [1.29, 1.82) is 0 Å². The first kappa shape index (κ1) is 12.1. The highest BCUT2D eigenvalue weighted by atomic mass is 19.1. The van der Waals surface area contributed by atoms with Gasteiger partial charge in [0.2, 0.25) is 0 Å². The van der Waals surface area contributed by atoms with Crippen molar-refractivity contribution in [1.82, 2.24) is 0 Å². The molecule has 0 aliphatic carbocycles. The molecule has 0 radical (unpaired) electrons. The number of benzene rings is 1. The Morgan fingerprint density at radius 2 is 2.13 bits per heavy atom. The average molecular weight is 211 g/mol. The number of rotatable bonds is 5. The molecule has 15 heavy (non-hydrogen) atoms. The Hall–Kier alpha value is -0.930. The molecule has 2 atom stereocenters. The summed E-state index contributed by atoms with van der Waals surface area (Å²) in [7, 11) is 1.68. The van der Waals surface area contributed by atoms with Crippen LogP contribution in [0.4, 0.5) is 4.39 Å². The van der Waals surface area contributed by atoms with Crippen LogP contribution in [0.2, 0.25) is 0 Å². The van der Waals surface area contributed by atoms with Crippen molar-refractivity contribution in [2.45, 2.75) is 31.9 Å². The molecule has 0 saturated carbocycles. The highest BCUT2D eigenvalue weighted by Gasteiger charge is 2.08. The summed E-state index contributed by atoms with van der Waals surface area (Å²) < 4.78 is 18.0. The fourth-order valence-electron chi connectivity index (χ4n) is 1.44. The number of hydrogen-bond acceptors (Lipinski definition) is 2. The third-order valence-corrected chi connectivity index (χ3v) is 2.56. The van der Waals surface area contributed by atoms with Crippen LogP contribution in [-0.2, 0) is 4.74 Å². The zero-order valence-corrected chi connectivity index (χ0v) is 9.24. The van der Waals surface area contributed by atoms with E-state index in [9.17, 15) is 4.39 Å². The van der Waals surface area contributed by atoms with Crippen LogP contribution in [0, 0.1) is 5.82 Å². The van der Waals surface area contributed by atoms with E-state index in [0.29, 0.717) is 0 Å². The van der Waals surface area contributed by atoms with E-state index < -0.39 is 0 Å². The van der Waals surface area contributed by atoms with Crippen LogP contribution < -0.4 is 5.73 Å². The summed E-state index contributed by atoms with van der Waals surface area (Å²) in [5.41, 5.74) is 6.79. The third kappa shape index (κ3) is 3.98. The van der Waals surface area contributed by atoms with Gasteiger partial charge in [-0.15, -0.1) is 0 Å². The van der Waals surface area contributed by atoms with E-state index in [-0.39, 0.29) is 18.0 Å². The number of methoxy groups -OCH3 is 1. The van der Waals surface area contributed by atoms with E-state index in [4.69, 9.17) is 10.5 Å². The summed E-state index contributed by atoms with van der Waals surface area (Å²) in [5.74, 6) is -0.234. The van der Waals surface area contributed by atoms with Crippen LogP contribution >= 0.6 is 0 Å². The van der Waals surface area contributed by atoms with Crippen LogP contribution in [0.1, 0.15) is 31.4 Å². The number of halogens is 1. The maximum atomic E-state index is 12.9. The molecule has 0 spiro atoms. The van der Waals surface area contributed by atoms with Gasteiger partial charge in [-0.05, 0) is 37.5 Å². The highest BCUT2D eigenvalue weighted by molar-refractivity contribution is 5.19. The predicted molar refractivity (Wildman–Crippen MR) is 59.0 cm³/mol. The molecule has 2 unspecified atom stereocenters. The Labute approximate surface area is 90.2 Å². The molecule has 1 aromatic carbocycles. The quantitative estimate of drug-likeness (QED) is 0.812. The Morgan fingerprint density at radius 3 is 2.73 bits per heavy atom. The molecular weight excluding hydrogens is 193 g/mol. The second-order valence-electron chi connectivity index (χ2n) is 3.79. The minimum atomic E-state index is -0.234. The van der Waals surface area contributed by atoms with Gasteiger partial charge in [-0.1, -0.05) is 12.1 Å². The van der Waals surface area contributed by atoms with Gasteiger partial charge in [0.1, 0.15) is 5.82 Å². The lowest BCUT2D eigenvalue weighted by molar-refractivity contribution is 0.107. The highest BCUT2D eigenvalue weighted by Crippen LogP contribution is 2.18. The third-order valence-electron chi connectivity index (χ3n) is 2.56. The number of hydrogen-bond donors (Lipinski definition) is 1. The molecule has 2 nitrogen and oxygen atoms in total. The Bertz CT molecular complexity index is 303. The monoisotopic (exact) mass is 211 g/mol. The molecule has 0 fully saturated rings. The molecule has 0 bridgehead atoms. The summed E-state index contributed by atoms with van der Waals surface area (Å²) in [6, 6.07) is 6.34. The molecule has 0 heterocycles. The van der Waals surface area contributed by atoms with Gasteiger partial charge in [0.25, 0.3) is 0 Å². The first-order valence-corrected chi connectivity index (χ1v) is 5.17. The predicted octanol–water partition coefficient (Wildman–Crippen LogP) is 2.64. The molecule has 0 aliphatic rings. The fraction of sp³-hybridized carbons (Fsp3) is 0.500. The van der Waals surface area contributed by atoms with Crippen LogP contribution in [-0.4, -0.2) is 13.2 Å². The lowest BCUT2D eigenvalue weighted by Gasteiger charge is -2.14. The Kier molecular flexibility index (Phi) is 4.72. The largest absolute Gasteiger partial charge is 0.382 e. The van der Waals surface area contributed by atoms with Gasteiger partial charge in [-0.2, -0.15) is 0 Å². The van der Waals surface area contributed by atoms with Crippen molar-refractivity contribution in [3.63, 3.8) is 0 Å². The van der Waals surface area contributed by atoms with Gasteiger partial charge < -0.3 is 10.5 Å². The second kappa shape index (κ2) is 5.83. The number of ether oxygens (including phenoxy) is 1. The van der Waals surface area contributed by atoms with Crippen LogP contribution in [0.5, 0.6) is 0 Å². The van der Waals surface area contributed by atoms with Crippen LogP contribution in [0.3, 0.4) is 0 Å². The lowest BCUT2D eigenvalue weighted by atomic mass is 10.0. The molecule has 2 N–H and O–H groups in total. The van der Waals surface area contributed by atoms with Crippen molar-refractivity contribution >= 4 is 0 Å². The van der Waals surface area contributed by atoms with E-state index in [1.165, 1.54) is 12.1 Å². The van der Waals surface area contributed by atoms with Gasteiger partial charge >= 0.3 is 0 Å². The summed E-state index contributed by atoms with van der Waals surface area (Å²) in [6.45, 7) is 2.00. The van der Waals surface area contributed by atoms with Crippen molar-refractivity contribution in [3.8, 4) is 0 Å². The van der Waals surface area contributed by atoms with Crippen molar-refractivity contribution in [2.24, 2.45) is 5.73 Å².